The lowest BCUT2D eigenvalue weighted by Crippen LogP contribution is -2.41. The summed E-state index contributed by atoms with van der Waals surface area (Å²) in [5, 5.41) is 3.16. The largest absolute Gasteiger partial charge is 0.451 e. The normalized spacial score (nSPS) is 20.2. The number of nitrogens with one attached hydrogen (secondary N) is 1. The Balaban J connectivity index is 1.67. The van der Waals surface area contributed by atoms with Crippen molar-refractivity contribution < 1.29 is 4.74 Å². The van der Waals surface area contributed by atoms with E-state index in [2.05, 4.69) is 39.6 Å². The first-order valence-electron chi connectivity index (χ1n) is 9.32. The number of hydrogen-bond donors (Lipinski definition) is 2. The topological polar surface area (TPSA) is 85.4 Å². The molecule has 0 bridgehead atoms. The Morgan fingerprint density at radius 3 is 2.50 bits per heavy atom. The van der Waals surface area contributed by atoms with Crippen LogP contribution in [0.25, 0.3) is 0 Å². The number of aliphatic imine (C=N–C) groups is 1. The fourth-order valence-corrected chi connectivity index (χ4v) is 3.87. The van der Waals surface area contributed by atoms with Gasteiger partial charge < -0.3 is 10.5 Å². The van der Waals surface area contributed by atoms with Gasteiger partial charge in [-0.2, -0.15) is 4.98 Å². The average Bonchev–Trinajstić information content (AvgIpc) is 2.68. The quantitative estimate of drug-likeness (QED) is 0.884. The van der Waals surface area contributed by atoms with Crippen molar-refractivity contribution in [3.8, 4) is 5.88 Å². The van der Waals surface area contributed by atoms with Crippen LogP contribution < -0.4 is 15.8 Å². The third kappa shape index (κ3) is 3.17. The fourth-order valence-electron chi connectivity index (χ4n) is 3.87. The van der Waals surface area contributed by atoms with Gasteiger partial charge in [0.1, 0.15) is 11.5 Å². The van der Waals surface area contributed by atoms with Crippen LogP contribution in [0.4, 0.5) is 11.5 Å². The molecule has 0 amide bonds. The minimum atomic E-state index is -0.364. The SMILES string of the molecule is CNC1Oc2nc(C)nc(N)c2N=C1c1ccc(C2CCCCC2)cc1. The second-order valence-corrected chi connectivity index (χ2v) is 7.05. The Morgan fingerprint density at radius 1 is 1.08 bits per heavy atom. The number of likely N-dealkylation sites (N-methyl/N-ethyl adjacent to an activating group) is 1. The van der Waals surface area contributed by atoms with E-state index in [0.717, 1.165) is 11.3 Å². The number of nitrogen functional groups attached to an aromatic ring is 1. The number of rotatable bonds is 3. The molecule has 0 saturated heterocycles. The van der Waals surface area contributed by atoms with Crippen molar-refractivity contribution in [3.05, 3.63) is 41.2 Å². The summed E-state index contributed by atoms with van der Waals surface area (Å²) < 4.78 is 5.98. The van der Waals surface area contributed by atoms with Gasteiger partial charge in [0, 0.05) is 5.56 Å². The van der Waals surface area contributed by atoms with Crippen LogP contribution in [-0.4, -0.2) is 29.0 Å². The summed E-state index contributed by atoms with van der Waals surface area (Å²) >= 11 is 0. The first-order chi connectivity index (χ1) is 12.7. The second-order valence-electron chi connectivity index (χ2n) is 7.05. The zero-order valence-corrected chi connectivity index (χ0v) is 15.3. The van der Waals surface area contributed by atoms with E-state index in [1.807, 2.05) is 7.05 Å². The van der Waals surface area contributed by atoms with Gasteiger partial charge in [-0.05, 0) is 38.3 Å². The summed E-state index contributed by atoms with van der Waals surface area (Å²) in [6, 6.07) is 8.72. The number of aromatic nitrogens is 2. The number of nitrogens with two attached hydrogens (primary N) is 1. The lowest BCUT2D eigenvalue weighted by Gasteiger charge is -2.26. The molecule has 2 aliphatic rings. The molecule has 1 atom stereocenters. The van der Waals surface area contributed by atoms with Gasteiger partial charge >= 0.3 is 0 Å². The van der Waals surface area contributed by atoms with Crippen LogP contribution in [0.1, 0.15) is 55.0 Å². The van der Waals surface area contributed by atoms with E-state index in [1.165, 1.54) is 37.7 Å². The number of ether oxygens (including phenoxy) is 1. The molecule has 26 heavy (non-hydrogen) atoms. The Morgan fingerprint density at radius 2 is 1.81 bits per heavy atom. The summed E-state index contributed by atoms with van der Waals surface area (Å²) in [7, 11) is 1.85. The molecule has 136 valence electrons. The highest BCUT2D eigenvalue weighted by atomic mass is 16.5. The summed E-state index contributed by atoms with van der Waals surface area (Å²) in [5.41, 5.74) is 9.79. The molecule has 1 aromatic carbocycles. The van der Waals surface area contributed by atoms with Crippen LogP contribution in [-0.2, 0) is 0 Å². The number of anilines is 1. The molecule has 1 unspecified atom stereocenters. The van der Waals surface area contributed by atoms with Crippen LogP contribution in [0, 0.1) is 6.92 Å². The van der Waals surface area contributed by atoms with Crippen LogP contribution in [0.5, 0.6) is 5.88 Å². The predicted octanol–water partition coefficient (Wildman–Crippen LogP) is 3.47. The standard InChI is InChI=1S/C20H25N5O/c1-12-23-18(21)17-20(24-12)26-19(22-2)16(25-17)15-10-8-14(9-11-15)13-6-4-3-5-7-13/h8-11,13,19,22H,3-7H2,1-2H3,(H2,21,23,24). The first-order valence-corrected chi connectivity index (χ1v) is 9.32. The summed E-state index contributed by atoms with van der Waals surface area (Å²) in [6.45, 7) is 1.79. The first kappa shape index (κ1) is 17.0. The molecular weight excluding hydrogens is 326 g/mol. The molecule has 1 fully saturated rings. The summed E-state index contributed by atoms with van der Waals surface area (Å²) in [5.74, 6) is 2.04. The van der Waals surface area contributed by atoms with Gasteiger partial charge in [-0.1, -0.05) is 43.5 Å². The number of fused-ring (bicyclic) bond motifs is 1. The van der Waals surface area contributed by atoms with E-state index in [-0.39, 0.29) is 6.23 Å². The van der Waals surface area contributed by atoms with Gasteiger partial charge in [-0.3, -0.25) is 5.32 Å². The highest BCUT2D eigenvalue weighted by Crippen LogP contribution is 2.36. The Hall–Kier alpha value is -2.47. The molecule has 0 spiro atoms. The molecule has 1 saturated carbocycles. The molecule has 3 N–H and O–H groups in total. The monoisotopic (exact) mass is 351 g/mol. The van der Waals surface area contributed by atoms with Gasteiger partial charge in [0.15, 0.2) is 17.7 Å². The molecule has 6 nitrogen and oxygen atoms in total. The number of hydrogen-bond acceptors (Lipinski definition) is 6. The Bertz CT molecular complexity index is 825. The van der Waals surface area contributed by atoms with Crippen LogP contribution in [0.15, 0.2) is 29.3 Å². The minimum absolute atomic E-state index is 0.346. The van der Waals surface area contributed by atoms with Crippen molar-refractivity contribution in [1.82, 2.24) is 15.3 Å². The van der Waals surface area contributed by atoms with Crippen LogP contribution in [0.3, 0.4) is 0 Å². The molecule has 2 aromatic rings. The molecule has 0 radical (unpaired) electrons. The van der Waals surface area contributed by atoms with E-state index in [1.54, 1.807) is 6.92 Å². The highest BCUT2D eigenvalue weighted by molar-refractivity contribution is 6.06. The zero-order chi connectivity index (χ0) is 18.1. The third-order valence-electron chi connectivity index (χ3n) is 5.25. The molecule has 4 rings (SSSR count). The second kappa shape index (κ2) is 7.03. The maximum Gasteiger partial charge on any atom is 0.247 e. The molecule has 6 heteroatoms. The lowest BCUT2D eigenvalue weighted by atomic mass is 9.84. The minimum Gasteiger partial charge on any atom is -0.451 e. The van der Waals surface area contributed by atoms with E-state index in [0.29, 0.717) is 29.1 Å². The fraction of sp³-hybridized carbons (Fsp3) is 0.450. The number of aryl methyl sites for hydroxylation is 1. The molecular formula is C20H25N5O. The van der Waals surface area contributed by atoms with Crippen molar-refractivity contribution in [1.29, 1.82) is 0 Å². The molecule has 1 aromatic heterocycles. The van der Waals surface area contributed by atoms with Crippen LogP contribution in [0.2, 0.25) is 0 Å². The molecule has 1 aliphatic carbocycles. The number of benzene rings is 1. The Labute approximate surface area is 153 Å². The van der Waals surface area contributed by atoms with Gasteiger partial charge in [-0.25, -0.2) is 9.98 Å². The van der Waals surface area contributed by atoms with E-state index < -0.39 is 0 Å². The summed E-state index contributed by atoms with van der Waals surface area (Å²) in [4.78, 5) is 13.2. The van der Waals surface area contributed by atoms with Crippen molar-refractivity contribution >= 4 is 17.2 Å². The van der Waals surface area contributed by atoms with E-state index in [4.69, 9.17) is 15.5 Å². The zero-order valence-electron chi connectivity index (χ0n) is 15.3. The van der Waals surface area contributed by atoms with Gasteiger partial charge in [0.25, 0.3) is 0 Å². The smallest absolute Gasteiger partial charge is 0.247 e. The highest BCUT2D eigenvalue weighted by Gasteiger charge is 2.28. The Kier molecular flexibility index (Phi) is 4.59. The van der Waals surface area contributed by atoms with Crippen molar-refractivity contribution in [2.75, 3.05) is 12.8 Å². The van der Waals surface area contributed by atoms with Crippen molar-refractivity contribution in [2.45, 2.75) is 51.2 Å². The maximum absolute atomic E-state index is 6.03. The van der Waals surface area contributed by atoms with Crippen molar-refractivity contribution in [3.63, 3.8) is 0 Å². The maximum atomic E-state index is 6.03. The molecule has 2 heterocycles. The van der Waals surface area contributed by atoms with Gasteiger partial charge in [0.05, 0.1) is 0 Å². The third-order valence-corrected chi connectivity index (χ3v) is 5.25. The van der Waals surface area contributed by atoms with E-state index in [9.17, 15) is 0 Å². The van der Waals surface area contributed by atoms with Gasteiger partial charge in [0.2, 0.25) is 5.88 Å². The van der Waals surface area contributed by atoms with Gasteiger partial charge in [-0.15, -0.1) is 0 Å². The van der Waals surface area contributed by atoms with Crippen molar-refractivity contribution in [2.24, 2.45) is 4.99 Å². The summed E-state index contributed by atoms with van der Waals surface area (Å²) in [6.07, 6.45) is 6.27. The number of nitrogens with zero attached hydrogens (tertiary/aromatic N) is 3. The average molecular weight is 351 g/mol. The van der Waals surface area contributed by atoms with E-state index >= 15 is 0 Å². The van der Waals surface area contributed by atoms with Crippen LogP contribution >= 0.6 is 0 Å². The predicted molar refractivity (Wildman–Crippen MR) is 103 cm³/mol. The molecule has 1 aliphatic heterocycles. The lowest BCUT2D eigenvalue weighted by molar-refractivity contribution is 0.226.